The SMILES string of the molecule is N#Cc1ccc(-n2cncc2[C@@H]2CCCN2)cc1Cl. The molecule has 0 amide bonds. The molecule has 1 atom stereocenters. The Morgan fingerprint density at radius 3 is 3.05 bits per heavy atom. The number of hydrogen-bond donors (Lipinski definition) is 1. The molecule has 5 heteroatoms. The van der Waals surface area contributed by atoms with E-state index in [0.29, 0.717) is 16.6 Å². The summed E-state index contributed by atoms with van der Waals surface area (Å²) in [7, 11) is 0. The molecule has 1 aromatic heterocycles. The second-order valence-electron chi connectivity index (χ2n) is 4.61. The van der Waals surface area contributed by atoms with Crippen LogP contribution >= 0.6 is 11.6 Å². The monoisotopic (exact) mass is 272 g/mol. The van der Waals surface area contributed by atoms with Crippen LogP contribution in [0.4, 0.5) is 0 Å². The fraction of sp³-hybridized carbons (Fsp3) is 0.286. The van der Waals surface area contributed by atoms with E-state index in [1.54, 1.807) is 18.5 Å². The van der Waals surface area contributed by atoms with Gasteiger partial charge in [-0.3, -0.25) is 0 Å². The molecule has 19 heavy (non-hydrogen) atoms. The van der Waals surface area contributed by atoms with Gasteiger partial charge in [-0.15, -0.1) is 0 Å². The second-order valence-corrected chi connectivity index (χ2v) is 5.02. The molecule has 0 spiro atoms. The molecule has 1 saturated heterocycles. The van der Waals surface area contributed by atoms with Crippen LogP contribution in [0.3, 0.4) is 0 Å². The van der Waals surface area contributed by atoms with Crippen molar-refractivity contribution in [3.8, 4) is 11.8 Å². The number of halogens is 1. The Hall–Kier alpha value is -1.83. The molecule has 2 aromatic rings. The summed E-state index contributed by atoms with van der Waals surface area (Å²) in [6, 6.07) is 7.85. The zero-order valence-electron chi connectivity index (χ0n) is 10.3. The van der Waals surface area contributed by atoms with Crippen molar-refractivity contribution in [2.24, 2.45) is 0 Å². The summed E-state index contributed by atoms with van der Waals surface area (Å²) in [6.07, 6.45) is 5.97. The van der Waals surface area contributed by atoms with Crippen molar-refractivity contribution >= 4 is 11.6 Å². The van der Waals surface area contributed by atoms with Gasteiger partial charge in [-0.05, 0) is 37.6 Å². The van der Waals surface area contributed by atoms with Gasteiger partial charge in [0.1, 0.15) is 6.07 Å². The van der Waals surface area contributed by atoms with E-state index in [0.717, 1.165) is 24.3 Å². The van der Waals surface area contributed by atoms with Gasteiger partial charge in [-0.2, -0.15) is 5.26 Å². The van der Waals surface area contributed by atoms with Crippen molar-refractivity contribution in [2.75, 3.05) is 6.54 Å². The number of benzene rings is 1. The van der Waals surface area contributed by atoms with Gasteiger partial charge in [0.05, 0.1) is 28.8 Å². The Labute approximate surface area is 116 Å². The topological polar surface area (TPSA) is 53.6 Å². The summed E-state index contributed by atoms with van der Waals surface area (Å²) in [4.78, 5) is 4.23. The van der Waals surface area contributed by atoms with E-state index in [1.165, 1.54) is 6.42 Å². The first-order valence-electron chi connectivity index (χ1n) is 6.25. The highest BCUT2D eigenvalue weighted by Crippen LogP contribution is 2.26. The largest absolute Gasteiger partial charge is 0.309 e. The first kappa shape index (κ1) is 12.2. The molecule has 0 bridgehead atoms. The van der Waals surface area contributed by atoms with Crippen LogP contribution in [-0.4, -0.2) is 16.1 Å². The summed E-state index contributed by atoms with van der Waals surface area (Å²) in [5, 5.41) is 12.8. The lowest BCUT2D eigenvalue weighted by Crippen LogP contribution is -2.16. The van der Waals surface area contributed by atoms with E-state index in [4.69, 9.17) is 16.9 Å². The summed E-state index contributed by atoms with van der Waals surface area (Å²) >= 11 is 6.09. The van der Waals surface area contributed by atoms with Crippen LogP contribution in [0.1, 0.15) is 30.1 Å². The maximum absolute atomic E-state index is 8.90. The smallest absolute Gasteiger partial charge is 0.101 e. The number of nitriles is 1. The lowest BCUT2D eigenvalue weighted by molar-refractivity contribution is 0.615. The number of aromatic nitrogens is 2. The van der Waals surface area contributed by atoms with Gasteiger partial charge in [-0.25, -0.2) is 4.98 Å². The molecule has 1 aromatic carbocycles. The maximum Gasteiger partial charge on any atom is 0.101 e. The fourth-order valence-electron chi connectivity index (χ4n) is 2.46. The predicted molar refractivity (Wildman–Crippen MR) is 73.3 cm³/mol. The molecule has 0 saturated carbocycles. The Bertz CT molecular complexity index is 635. The minimum absolute atomic E-state index is 0.344. The first-order chi connectivity index (χ1) is 9.29. The third kappa shape index (κ3) is 2.23. The highest BCUT2D eigenvalue weighted by Gasteiger charge is 2.20. The number of hydrogen-bond acceptors (Lipinski definition) is 3. The van der Waals surface area contributed by atoms with E-state index < -0.39 is 0 Å². The van der Waals surface area contributed by atoms with Gasteiger partial charge < -0.3 is 9.88 Å². The van der Waals surface area contributed by atoms with Gasteiger partial charge in [-0.1, -0.05) is 11.6 Å². The van der Waals surface area contributed by atoms with Crippen LogP contribution < -0.4 is 5.32 Å². The van der Waals surface area contributed by atoms with Crippen molar-refractivity contribution in [3.63, 3.8) is 0 Å². The van der Waals surface area contributed by atoms with Crippen LogP contribution in [0.5, 0.6) is 0 Å². The molecular weight excluding hydrogens is 260 g/mol. The van der Waals surface area contributed by atoms with Gasteiger partial charge >= 0.3 is 0 Å². The maximum atomic E-state index is 8.90. The van der Waals surface area contributed by atoms with E-state index in [-0.39, 0.29) is 0 Å². The van der Waals surface area contributed by atoms with E-state index in [1.807, 2.05) is 16.8 Å². The minimum Gasteiger partial charge on any atom is -0.309 e. The lowest BCUT2D eigenvalue weighted by Gasteiger charge is -2.14. The van der Waals surface area contributed by atoms with Gasteiger partial charge in [0.25, 0.3) is 0 Å². The second kappa shape index (κ2) is 5.04. The quantitative estimate of drug-likeness (QED) is 0.915. The molecule has 1 aliphatic rings. The summed E-state index contributed by atoms with van der Waals surface area (Å²) in [6.45, 7) is 1.05. The summed E-state index contributed by atoms with van der Waals surface area (Å²) in [5.74, 6) is 0. The molecule has 1 aliphatic heterocycles. The average Bonchev–Trinajstić information content (AvgIpc) is 3.09. The highest BCUT2D eigenvalue weighted by molar-refractivity contribution is 6.31. The lowest BCUT2D eigenvalue weighted by atomic mass is 10.1. The molecule has 1 fully saturated rings. The Kier molecular flexibility index (Phi) is 3.24. The van der Waals surface area contributed by atoms with Gasteiger partial charge in [0, 0.05) is 11.7 Å². The standard InChI is InChI=1S/C14H13ClN4/c15-12-6-11(4-3-10(12)7-16)19-9-17-8-14(19)13-2-1-5-18-13/h3-4,6,8-9,13,18H,1-2,5H2/t13-/m0/s1. The Morgan fingerprint density at radius 1 is 1.47 bits per heavy atom. The third-order valence-corrected chi connectivity index (χ3v) is 3.75. The van der Waals surface area contributed by atoms with Crippen LogP contribution in [0.15, 0.2) is 30.7 Å². The Morgan fingerprint density at radius 2 is 2.37 bits per heavy atom. The summed E-state index contributed by atoms with van der Waals surface area (Å²) in [5.41, 5.74) is 2.56. The number of rotatable bonds is 2. The number of imidazole rings is 1. The van der Waals surface area contributed by atoms with E-state index >= 15 is 0 Å². The highest BCUT2D eigenvalue weighted by atomic mass is 35.5. The number of nitrogens with one attached hydrogen (secondary N) is 1. The Balaban J connectivity index is 2.01. The zero-order valence-corrected chi connectivity index (χ0v) is 11.1. The molecule has 96 valence electrons. The van der Waals surface area contributed by atoms with Crippen LogP contribution in [-0.2, 0) is 0 Å². The van der Waals surface area contributed by atoms with Crippen molar-refractivity contribution in [1.82, 2.24) is 14.9 Å². The summed E-state index contributed by atoms with van der Waals surface area (Å²) < 4.78 is 2.02. The molecular formula is C14H13ClN4. The molecule has 0 unspecified atom stereocenters. The molecule has 0 aliphatic carbocycles. The van der Waals surface area contributed by atoms with Crippen LogP contribution in [0.2, 0.25) is 5.02 Å². The normalized spacial score (nSPS) is 18.4. The predicted octanol–water partition coefficient (Wildman–Crippen LogP) is 2.82. The molecule has 3 rings (SSSR count). The third-order valence-electron chi connectivity index (χ3n) is 3.44. The van der Waals surface area contributed by atoms with Crippen molar-refractivity contribution in [2.45, 2.75) is 18.9 Å². The average molecular weight is 273 g/mol. The first-order valence-corrected chi connectivity index (χ1v) is 6.63. The van der Waals surface area contributed by atoms with E-state index in [2.05, 4.69) is 16.4 Å². The minimum atomic E-state index is 0.344. The molecule has 4 nitrogen and oxygen atoms in total. The van der Waals surface area contributed by atoms with E-state index in [9.17, 15) is 0 Å². The van der Waals surface area contributed by atoms with Crippen LogP contribution in [0.25, 0.3) is 5.69 Å². The van der Waals surface area contributed by atoms with Crippen molar-refractivity contribution in [3.05, 3.63) is 47.0 Å². The number of nitrogens with zero attached hydrogens (tertiary/aromatic N) is 3. The van der Waals surface area contributed by atoms with Crippen molar-refractivity contribution in [1.29, 1.82) is 5.26 Å². The van der Waals surface area contributed by atoms with Crippen molar-refractivity contribution < 1.29 is 0 Å². The van der Waals surface area contributed by atoms with Gasteiger partial charge in [0.2, 0.25) is 0 Å². The zero-order chi connectivity index (χ0) is 13.2. The molecule has 1 N–H and O–H groups in total. The molecule has 2 heterocycles. The van der Waals surface area contributed by atoms with Crippen LogP contribution in [0, 0.1) is 11.3 Å². The molecule has 0 radical (unpaired) electrons. The fourth-order valence-corrected chi connectivity index (χ4v) is 2.68. The van der Waals surface area contributed by atoms with Gasteiger partial charge in [0.15, 0.2) is 0 Å².